The standard InChI is InChI=1S/C15H20N2O3/c1-10-6-8-11(9-7-10)17(2)15(20)16-13-5-3-4-12(13)14(18)19/h6-9,12-13H,3-5H2,1-2H3,(H,16,20)(H,18,19). The third kappa shape index (κ3) is 3.10. The maximum Gasteiger partial charge on any atom is 0.321 e. The van der Waals surface area contributed by atoms with Crippen molar-refractivity contribution >= 4 is 17.7 Å². The van der Waals surface area contributed by atoms with Gasteiger partial charge in [-0.25, -0.2) is 4.79 Å². The van der Waals surface area contributed by atoms with Crippen LogP contribution < -0.4 is 10.2 Å². The van der Waals surface area contributed by atoms with Crippen LogP contribution in [-0.4, -0.2) is 30.2 Å². The molecule has 1 aromatic rings. The van der Waals surface area contributed by atoms with E-state index in [9.17, 15) is 9.59 Å². The third-order valence-corrected chi connectivity index (χ3v) is 3.87. The lowest BCUT2D eigenvalue weighted by Gasteiger charge is -2.23. The molecule has 5 heteroatoms. The van der Waals surface area contributed by atoms with Crippen LogP contribution in [0.5, 0.6) is 0 Å². The number of rotatable bonds is 3. The first-order valence-electron chi connectivity index (χ1n) is 6.82. The minimum absolute atomic E-state index is 0.257. The monoisotopic (exact) mass is 276 g/mol. The second kappa shape index (κ2) is 5.94. The minimum Gasteiger partial charge on any atom is -0.481 e. The number of anilines is 1. The molecule has 2 amide bonds. The van der Waals surface area contributed by atoms with Crippen molar-refractivity contribution in [2.45, 2.75) is 32.2 Å². The smallest absolute Gasteiger partial charge is 0.321 e. The fourth-order valence-corrected chi connectivity index (χ4v) is 2.57. The van der Waals surface area contributed by atoms with Gasteiger partial charge in [0.25, 0.3) is 0 Å². The zero-order valence-corrected chi connectivity index (χ0v) is 11.8. The van der Waals surface area contributed by atoms with Crippen LogP contribution in [0, 0.1) is 12.8 Å². The molecular weight excluding hydrogens is 256 g/mol. The molecule has 108 valence electrons. The molecule has 2 N–H and O–H groups in total. The number of carboxylic acids is 1. The van der Waals surface area contributed by atoms with Gasteiger partial charge in [0.1, 0.15) is 0 Å². The highest BCUT2D eigenvalue weighted by Crippen LogP contribution is 2.26. The zero-order valence-electron chi connectivity index (χ0n) is 11.8. The van der Waals surface area contributed by atoms with E-state index in [1.165, 1.54) is 4.90 Å². The Morgan fingerprint density at radius 1 is 1.25 bits per heavy atom. The van der Waals surface area contributed by atoms with Crippen molar-refractivity contribution in [2.75, 3.05) is 11.9 Å². The summed E-state index contributed by atoms with van der Waals surface area (Å²) < 4.78 is 0. The number of nitrogens with one attached hydrogen (secondary N) is 1. The SMILES string of the molecule is Cc1ccc(N(C)C(=O)NC2CCCC2C(=O)O)cc1. The van der Waals surface area contributed by atoms with Gasteiger partial charge in [-0.15, -0.1) is 0 Å². The average molecular weight is 276 g/mol. The molecule has 0 spiro atoms. The fourth-order valence-electron chi connectivity index (χ4n) is 2.57. The van der Waals surface area contributed by atoms with Gasteiger partial charge in [-0.2, -0.15) is 0 Å². The highest BCUT2D eigenvalue weighted by atomic mass is 16.4. The van der Waals surface area contributed by atoms with Crippen molar-refractivity contribution in [1.82, 2.24) is 5.32 Å². The Kier molecular flexibility index (Phi) is 4.27. The van der Waals surface area contributed by atoms with Crippen LogP contribution in [0.15, 0.2) is 24.3 Å². The molecular formula is C15H20N2O3. The molecule has 0 heterocycles. The number of urea groups is 1. The van der Waals surface area contributed by atoms with Crippen LogP contribution in [-0.2, 0) is 4.79 Å². The van der Waals surface area contributed by atoms with E-state index >= 15 is 0 Å². The van der Waals surface area contributed by atoms with Crippen LogP contribution in [0.2, 0.25) is 0 Å². The first-order chi connectivity index (χ1) is 9.49. The summed E-state index contributed by atoms with van der Waals surface area (Å²) in [7, 11) is 1.69. The molecule has 1 saturated carbocycles. The third-order valence-electron chi connectivity index (χ3n) is 3.87. The molecule has 0 bridgehead atoms. The highest BCUT2D eigenvalue weighted by molar-refractivity contribution is 5.92. The van der Waals surface area contributed by atoms with E-state index in [4.69, 9.17) is 5.11 Å². The first-order valence-corrected chi connectivity index (χ1v) is 6.82. The van der Waals surface area contributed by atoms with Gasteiger partial charge >= 0.3 is 12.0 Å². The summed E-state index contributed by atoms with van der Waals surface area (Å²) >= 11 is 0. The second-order valence-corrected chi connectivity index (χ2v) is 5.33. The number of aliphatic carboxylic acids is 1. The van der Waals surface area contributed by atoms with Crippen LogP contribution >= 0.6 is 0 Å². The predicted molar refractivity (Wildman–Crippen MR) is 76.9 cm³/mol. The minimum atomic E-state index is -0.828. The van der Waals surface area contributed by atoms with E-state index in [0.29, 0.717) is 6.42 Å². The van der Waals surface area contributed by atoms with E-state index in [1.807, 2.05) is 31.2 Å². The Morgan fingerprint density at radius 2 is 1.90 bits per heavy atom. The Balaban J connectivity index is 2.00. The van der Waals surface area contributed by atoms with E-state index in [0.717, 1.165) is 24.1 Å². The summed E-state index contributed by atoms with van der Waals surface area (Å²) in [5, 5.41) is 11.9. The van der Waals surface area contributed by atoms with Crippen LogP contribution in [0.3, 0.4) is 0 Å². The number of carbonyl (C=O) groups is 2. The van der Waals surface area contributed by atoms with Gasteiger partial charge in [-0.05, 0) is 31.9 Å². The van der Waals surface area contributed by atoms with Gasteiger partial charge in [0.2, 0.25) is 0 Å². The number of aryl methyl sites for hydroxylation is 1. The molecule has 1 fully saturated rings. The molecule has 1 aromatic carbocycles. The number of carbonyl (C=O) groups excluding carboxylic acids is 1. The van der Waals surface area contributed by atoms with Gasteiger partial charge in [0, 0.05) is 18.8 Å². The number of amides is 2. The summed E-state index contributed by atoms with van der Waals surface area (Å²) in [4.78, 5) is 24.8. The molecule has 2 rings (SSSR count). The Morgan fingerprint density at radius 3 is 2.50 bits per heavy atom. The molecule has 2 atom stereocenters. The highest BCUT2D eigenvalue weighted by Gasteiger charge is 2.34. The van der Waals surface area contributed by atoms with Gasteiger partial charge in [0.05, 0.1) is 5.92 Å². The van der Waals surface area contributed by atoms with Crippen LogP contribution in [0.25, 0.3) is 0 Å². The number of hydrogen-bond donors (Lipinski definition) is 2. The van der Waals surface area contributed by atoms with Gasteiger partial charge < -0.3 is 10.4 Å². The summed E-state index contributed by atoms with van der Waals surface area (Å²) in [5.74, 6) is -1.30. The normalized spacial score (nSPS) is 21.5. The Hall–Kier alpha value is -2.04. The van der Waals surface area contributed by atoms with Crippen molar-refractivity contribution in [1.29, 1.82) is 0 Å². The molecule has 1 aliphatic rings. The van der Waals surface area contributed by atoms with Crippen molar-refractivity contribution < 1.29 is 14.7 Å². The van der Waals surface area contributed by atoms with Crippen LogP contribution in [0.1, 0.15) is 24.8 Å². The maximum absolute atomic E-state index is 12.2. The van der Waals surface area contributed by atoms with E-state index in [-0.39, 0.29) is 12.1 Å². The lowest BCUT2D eigenvalue weighted by atomic mass is 10.0. The summed E-state index contributed by atoms with van der Waals surface area (Å²) in [5.41, 5.74) is 1.92. The lowest BCUT2D eigenvalue weighted by molar-refractivity contribution is -0.142. The van der Waals surface area contributed by atoms with Crippen molar-refractivity contribution in [3.8, 4) is 0 Å². The van der Waals surface area contributed by atoms with E-state index < -0.39 is 11.9 Å². The Labute approximate surface area is 118 Å². The van der Waals surface area contributed by atoms with Gasteiger partial charge in [-0.3, -0.25) is 9.69 Å². The van der Waals surface area contributed by atoms with Crippen molar-refractivity contribution in [2.24, 2.45) is 5.92 Å². The van der Waals surface area contributed by atoms with E-state index in [2.05, 4.69) is 5.32 Å². The van der Waals surface area contributed by atoms with Crippen molar-refractivity contribution in [3.05, 3.63) is 29.8 Å². The number of hydrogen-bond acceptors (Lipinski definition) is 2. The quantitative estimate of drug-likeness (QED) is 0.890. The van der Waals surface area contributed by atoms with Crippen molar-refractivity contribution in [3.63, 3.8) is 0 Å². The number of nitrogens with zero attached hydrogens (tertiary/aromatic N) is 1. The van der Waals surface area contributed by atoms with E-state index in [1.54, 1.807) is 7.05 Å². The molecule has 0 aliphatic heterocycles. The summed E-state index contributed by atoms with van der Waals surface area (Å²) in [6.45, 7) is 1.99. The zero-order chi connectivity index (χ0) is 14.7. The fraction of sp³-hybridized carbons (Fsp3) is 0.467. The molecule has 20 heavy (non-hydrogen) atoms. The lowest BCUT2D eigenvalue weighted by Crippen LogP contribution is -2.46. The molecule has 2 unspecified atom stereocenters. The molecule has 0 aromatic heterocycles. The largest absolute Gasteiger partial charge is 0.481 e. The summed E-state index contributed by atoms with van der Waals surface area (Å²) in [6.07, 6.45) is 2.20. The number of carboxylic acid groups (broad SMARTS) is 1. The van der Waals surface area contributed by atoms with Gasteiger partial charge in [-0.1, -0.05) is 24.1 Å². The average Bonchev–Trinajstić information content (AvgIpc) is 2.87. The predicted octanol–water partition coefficient (Wildman–Crippen LogP) is 2.39. The topological polar surface area (TPSA) is 69.6 Å². The van der Waals surface area contributed by atoms with Gasteiger partial charge in [0.15, 0.2) is 0 Å². The summed E-state index contributed by atoms with van der Waals surface area (Å²) in [6, 6.07) is 7.10. The molecule has 5 nitrogen and oxygen atoms in total. The molecule has 1 aliphatic carbocycles. The number of benzene rings is 1. The second-order valence-electron chi connectivity index (χ2n) is 5.33. The maximum atomic E-state index is 12.2. The molecule has 0 saturated heterocycles. The first kappa shape index (κ1) is 14.4. The molecule has 0 radical (unpaired) electrons. The van der Waals surface area contributed by atoms with Crippen LogP contribution in [0.4, 0.5) is 10.5 Å². The Bertz CT molecular complexity index is 498.